The summed E-state index contributed by atoms with van der Waals surface area (Å²) in [6.45, 7) is 3.94. The fraction of sp³-hybridized carbons (Fsp3) is 0.318. The third-order valence-corrected chi connectivity index (χ3v) is 6.05. The van der Waals surface area contributed by atoms with Crippen LogP contribution in [-0.4, -0.2) is 36.7 Å². The minimum Gasteiger partial charge on any atom is -0.300 e. The molecule has 1 heterocycles. The van der Waals surface area contributed by atoms with Crippen LogP contribution in [0.2, 0.25) is 5.02 Å². The van der Waals surface area contributed by atoms with Gasteiger partial charge in [0.25, 0.3) is 0 Å². The van der Waals surface area contributed by atoms with E-state index in [1.165, 1.54) is 12.1 Å². The summed E-state index contributed by atoms with van der Waals surface area (Å²) in [4.78, 5) is 2.34. The van der Waals surface area contributed by atoms with Crippen molar-refractivity contribution in [2.24, 2.45) is 5.14 Å². The Kier molecular flexibility index (Phi) is 7.31. The second-order valence-corrected chi connectivity index (χ2v) is 9.47. The van der Waals surface area contributed by atoms with Gasteiger partial charge in [0.15, 0.2) is 0 Å². The molecule has 0 bridgehead atoms. The predicted octanol–water partition coefficient (Wildman–Crippen LogP) is 4.00. The molecule has 0 unspecified atom stereocenters. The molecule has 0 aliphatic rings. The van der Waals surface area contributed by atoms with Crippen LogP contribution >= 0.6 is 11.6 Å². The maximum absolute atomic E-state index is 11.6. The Hall–Kier alpha value is -2.19. The van der Waals surface area contributed by atoms with E-state index in [0.29, 0.717) is 11.4 Å². The van der Waals surface area contributed by atoms with Gasteiger partial charge in [0.2, 0.25) is 10.0 Å². The zero-order chi connectivity index (χ0) is 21.7. The van der Waals surface area contributed by atoms with Crippen LogP contribution in [0.1, 0.15) is 36.7 Å². The van der Waals surface area contributed by atoms with E-state index in [1.54, 1.807) is 12.1 Å². The molecule has 0 radical (unpaired) electrons. The highest BCUT2D eigenvalue weighted by Crippen LogP contribution is 2.20. The highest BCUT2D eigenvalue weighted by Gasteiger charge is 2.14. The number of nitrogens with two attached hydrogens (primary N) is 1. The third kappa shape index (κ3) is 5.92. The number of primary sulfonamides is 1. The van der Waals surface area contributed by atoms with Crippen LogP contribution in [0.5, 0.6) is 0 Å². The zero-order valence-corrected chi connectivity index (χ0v) is 18.8. The van der Waals surface area contributed by atoms with Gasteiger partial charge in [-0.2, -0.15) is 5.10 Å². The Morgan fingerprint density at radius 3 is 2.37 bits per heavy atom. The van der Waals surface area contributed by atoms with Crippen molar-refractivity contribution in [1.82, 2.24) is 14.7 Å². The number of nitrogens with zero attached hydrogens (tertiary/aromatic N) is 3. The van der Waals surface area contributed by atoms with E-state index >= 15 is 0 Å². The first kappa shape index (κ1) is 22.5. The van der Waals surface area contributed by atoms with Crippen LogP contribution < -0.4 is 5.14 Å². The van der Waals surface area contributed by atoms with Gasteiger partial charge in [-0.25, -0.2) is 18.2 Å². The smallest absolute Gasteiger partial charge is 0.238 e. The van der Waals surface area contributed by atoms with Gasteiger partial charge >= 0.3 is 0 Å². The molecular weight excluding hydrogens is 420 g/mol. The molecule has 0 saturated carbocycles. The van der Waals surface area contributed by atoms with Gasteiger partial charge in [0.1, 0.15) is 0 Å². The van der Waals surface area contributed by atoms with Crippen molar-refractivity contribution in [3.63, 3.8) is 0 Å². The molecule has 0 amide bonds. The lowest BCUT2D eigenvalue weighted by molar-refractivity contribution is 0.316. The minimum absolute atomic E-state index is 0.0807. The molecule has 3 aromatic rings. The molecule has 2 aromatic carbocycles. The van der Waals surface area contributed by atoms with Gasteiger partial charge in [-0.05, 0) is 68.0 Å². The lowest BCUT2D eigenvalue weighted by Gasteiger charge is -2.14. The van der Waals surface area contributed by atoms with Gasteiger partial charge in [0, 0.05) is 23.7 Å². The molecule has 0 fully saturated rings. The number of unbranched alkanes of at least 4 members (excludes halogenated alkanes) is 1. The Morgan fingerprint density at radius 1 is 1.10 bits per heavy atom. The number of rotatable bonds is 9. The van der Waals surface area contributed by atoms with Crippen LogP contribution in [-0.2, 0) is 23.0 Å². The van der Waals surface area contributed by atoms with Crippen LogP contribution in [0.25, 0.3) is 5.69 Å². The monoisotopic (exact) mass is 446 g/mol. The summed E-state index contributed by atoms with van der Waals surface area (Å²) in [5.41, 5.74) is 3.88. The molecule has 0 aliphatic heterocycles. The summed E-state index contributed by atoms with van der Waals surface area (Å²) in [7, 11) is -1.64. The molecule has 8 heteroatoms. The van der Waals surface area contributed by atoms with Crippen LogP contribution in [0.3, 0.4) is 0 Å². The number of benzene rings is 2. The highest BCUT2D eigenvalue weighted by atomic mass is 35.5. The largest absolute Gasteiger partial charge is 0.300 e. The van der Waals surface area contributed by atoms with Crippen molar-refractivity contribution in [2.75, 3.05) is 13.6 Å². The molecule has 3 rings (SSSR count). The highest BCUT2D eigenvalue weighted by molar-refractivity contribution is 7.89. The average molecular weight is 447 g/mol. The van der Waals surface area contributed by atoms with E-state index in [4.69, 9.17) is 21.8 Å². The first-order valence-electron chi connectivity index (χ1n) is 9.90. The van der Waals surface area contributed by atoms with Gasteiger partial charge in [0.05, 0.1) is 16.3 Å². The molecule has 30 heavy (non-hydrogen) atoms. The molecular formula is C22H27ClN4O2S. The maximum atomic E-state index is 11.6. The topological polar surface area (TPSA) is 81.2 Å². The predicted molar refractivity (Wildman–Crippen MR) is 120 cm³/mol. The van der Waals surface area contributed by atoms with Crippen molar-refractivity contribution in [3.8, 4) is 5.69 Å². The fourth-order valence-corrected chi connectivity index (χ4v) is 3.92. The molecule has 6 nitrogen and oxygen atoms in total. The standard InChI is InChI=1S/C22H27ClN4O2S/c1-3-4-13-26(2)16-19-15-21(14-17-5-7-18(23)8-6-17)27(25-19)20-9-11-22(12-10-20)30(24,28)29/h5-12,15H,3-4,13-14,16H2,1-2H3,(H2,24,28,29). The van der Waals surface area contributed by atoms with E-state index in [0.717, 1.165) is 48.6 Å². The first-order chi connectivity index (χ1) is 14.3. The lowest BCUT2D eigenvalue weighted by atomic mass is 10.1. The minimum atomic E-state index is -3.73. The Labute approximate surface area is 183 Å². The normalized spacial score (nSPS) is 11.9. The van der Waals surface area contributed by atoms with Gasteiger partial charge in [-0.3, -0.25) is 0 Å². The van der Waals surface area contributed by atoms with Crippen molar-refractivity contribution < 1.29 is 8.42 Å². The van der Waals surface area contributed by atoms with Crippen molar-refractivity contribution in [3.05, 3.63) is 76.6 Å². The maximum Gasteiger partial charge on any atom is 0.238 e. The quantitative estimate of drug-likeness (QED) is 0.538. The Bertz CT molecular complexity index is 1080. The zero-order valence-electron chi connectivity index (χ0n) is 17.3. The fourth-order valence-electron chi connectivity index (χ4n) is 3.27. The van der Waals surface area contributed by atoms with E-state index in [2.05, 4.69) is 24.9 Å². The first-order valence-corrected chi connectivity index (χ1v) is 11.8. The summed E-state index contributed by atoms with van der Waals surface area (Å²) in [6, 6.07) is 16.3. The SMILES string of the molecule is CCCCN(C)Cc1cc(Cc2ccc(Cl)cc2)n(-c2ccc(S(N)(=O)=O)cc2)n1. The molecule has 1 aromatic heterocycles. The third-order valence-electron chi connectivity index (χ3n) is 4.87. The number of aromatic nitrogens is 2. The summed E-state index contributed by atoms with van der Waals surface area (Å²) in [5.74, 6) is 0. The van der Waals surface area contributed by atoms with E-state index in [-0.39, 0.29) is 4.90 Å². The molecule has 2 N–H and O–H groups in total. The number of halogens is 1. The Morgan fingerprint density at radius 2 is 1.77 bits per heavy atom. The average Bonchev–Trinajstić information content (AvgIpc) is 3.09. The lowest BCUT2D eigenvalue weighted by Crippen LogP contribution is -2.19. The van der Waals surface area contributed by atoms with Crippen LogP contribution in [0.4, 0.5) is 0 Å². The van der Waals surface area contributed by atoms with Crippen molar-refractivity contribution in [2.45, 2.75) is 37.6 Å². The second-order valence-electron chi connectivity index (χ2n) is 7.47. The summed E-state index contributed by atoms with van der Waals surface area (Å²) in [5, 5.41) is 10.7. The second kappa shape index (κ2) is 9.75. The number of hydrogen-bond donors (Lipinski definition) is 1. The molecule has 0 spiro atoms. The number of hydrogen-bond acceptors (Lipinski definition) is 4. The molecule has 0 saturated heterocycles. The molecule has 0 aliphatic carbocycles. The van der Waals surface area contributed by atoms with Crippen molar-refractivity contribution >= 4 is 21.6 Å². The summed E-state index contributed by atoms with van der Waals surface area (Å²) >= 11 is 6.01. The van der Waals surface area contributed by atoms with E-state index < -0.39 is 10.0 Å². The van der Waals surface area contributed by atoms with Gasteiger partial charge in [-0.1, -0.05) is 37.1 Å². The van der Waals surface area contributed by atoms with Crippen molar-refractivity contribution in [1.29, 1.82) is 0 Å². The van der Waals surface area contributed by atoms with Gasteiger partial charge < -0.3 is 4.90 Å². The van der Waals surface area contributed by atoms with Crippen LogP contribution in [0, 0.1) is 0 Å². The summed E-state index contributed by atoms with van der Waals surface area (Å²) in [6.07, 6.45) is 2.97. The molecule has 160 valence electrons. The van der Waals surface area contributed by atoms with Crippen LogP contribution in [0.15, 0.2) is 59.5 Å². The number of sulfonamides is 1. The van der Waals surface area contributed by atoms with Gasteiger partial charge in [-0.15, -0.1) is 0 Å². The van der Waals surface area contributed by atoms with E-state index in [9.17, 15) is 8.42 Å². The van der Waals surface area contributed by atoms with E-state index in [1.807, 2.05) is 28.9 Å². The summed E-state index contributed by atoms with van der Waals surface area (Å²) < 4.78 is 25.0. The Balaban J connectivity index is 1.93. The molecule has 0 atom stereocenters.